The van der Waals surface area contributed by atoms with Crippen molar-refractivity contribution < 1.29 is 5.21 Å². The molecule has 0 unspecified atom stereocenters. The van der Waals surface area contributed by atoms with Gasteiger partial charge in [0.25, 0.3) is 0 Å². The van der Waals surface area contributed by atoms with Crippen LogP contribution in [0, 0.1) is 0 Å². The number of hydrogen-bond acceptors (Lipinski definition) is 4. The Kier molecular flexibility index (Phi) is 5.71. The molecule has 0 aliphatic carbocycles. The van der Waals surface area contributed by atoms with Gasteiger partial charge in [0.1, 0.15) is 5.69 Å². The van der Waals surface area contributed by atoms with E-state index in [4.69, 9.17) is 10.9 Å². The summed E-state index contributed by atoms with van der Waals surface area (Å²) in [5.41, 5.74) is 5.92. The number of pyridine rings is 1. The minimum Gasteiger partial charge on any atom is -0.409 e. The Bertz CT molecular complexity index is 338. The summed E-state index contributed by atoms with van der Waals surface area (Å²) in [5, 5.41) is 11.4. The fraction of sp³-hybridized carbons (Fsp3) is 0.455. The van der Waals surface area contributed by atoms with Gasteiger partial charge in [0.2, 0.25) is 0 Å². The van der Waals surface area contributed by atoms with Gasteiger partial charge in [0.15, 0.2) is 5.84 Å². The van der Waals surface area contributed by atoms with E-state index in [9.17, 15) is 0 Å². The highest BCUT2D eigenvalue weighted by Crippen LogP contribution is 2.18. The topological polar surface area (TPSA) is 71.5 Å². The van der Waals surface area contributed by atoms with Crippen LogP contribution in [0.15, 0.2) is 28.4 Å². The highest BCUT2D eigenvalue weighted by atomic mass is 32.2. The molecule has 0 saturated carbocycles. The summed E-state index contributed by atoms with van der Waals surface area (Å²) < 4.78 is 0. The van der Waals surface area contributed by atoms with Crippen LogP contribution < -0.4 is 5.73 Å². The Hall–Kier alpha value is -1.23. The van der Waals surface area contributed by atoms with Gasteiger partial charge in [0, 0.05) is 11.1 Å². The molecule has 88 valence electrons. The number of unbranched alkanes of at least 4 members (excludes halogenated alkanes) is 2. The van der Waals surface area contributed by atoms with Crippen molar-refractivity contribution >= 4 is 17.6 Å². The van der Waals surface area contributed by atoms with E-state index in [1.165, 1.54) is 19.3 Å². The van der Waals surface area contributed by atoms with Crippen LogP contribution in [0.4, 0.5) is 0 Å². The second-order valence-electron chi connectivity index (χ2n) is 3.42. The molecule has 16 heavy (non-hydrogen) atoms. The van der Waals surface area contributed by atoms with Gasteiger partial charge < -0.3 is 10.9 Å². The summed E-state index contributed by atoms with van der Waals surface area (Å²) in [6, 6.07) is 3.70. The summed E-state index contributed by atoms with van der Waals surface area (Å²) in [6.45, 7) is 2.19. The summed E-state index contributed by atoms with van der Waals surface area (Å²) in [4.78, 5) is 5.23. The molecule has 0 fully saturated rings. The average molecular weight is 239 g/mol. The van der Waals surface area contributed by atoms with E-state index in [2.05, 4.69) is 17.1 Å². The van der Waals surface area contributed by atoms with Gasteiger partial charge in [-0.15, -0.1) is 11.8 Å². The number of amidine groups is 1. The number of nitrogens with two attached hydrogens (primary N) is 1. The molecule has 1 aromatic rings. The third-order valence-corrected chi connectivity index (χ3v) is 3.19. The summed E-state index contributed by atoms with van der Waals surface area (Å²) in [6.07, 6.45) is 5.48. The first-order valence-corrected chi connectivity index (χ1v) is 6.33. The van der Waals surface area contributed by atoms with Crippen molar-refractivity contribution in [2.24, 2.45) is 10.9 Å². The van der Waals surface area contributed by atoms with Crippen molar-refractivity contribution in [1.82, 2.24) is 4.98 Å². The molecule has 0 aliphatic rings. The molecular weight excluding hydrogens is 222 g/mol. The number of nitrogens with zero attached hydrogens (tertiary/aromatic N) is 2. The zero-order chi connectivity index (χ0) is 11.8. The van der Waals surface area contributed by atoms with Crippen molar-refractivity contribution in [1.29, 1.82) is 0 Å². The summed E-state index contributed by atoms with van der Waals surface area (Å²) in [7, 11) is 0. The van der Waals surface area contributed by atoms with Crippen molar-refractivity contribution in [3.63, 3.8) is 0 Å². The minimum absolute atomic E-state index is 0.0440. The van der Waals surface area contributed by atoms with Gasteiger partial charge in [0.05, 0.1) is 0 Å². The van der Waals surface area contributed by atoms with Crippen molar-refractivity contribution in [2.75, 3.05) is 5.75 Å². The van der Waals surface area contributed by atoms with Crippen molar-refractivity contribution in [2.45, 2.75) is 31.1 Å². The zero-order valence-electron chi connectivity index (χ0n) is 9.39. The lowest BCUT2D eigenvalue weighted by molar-refractivity contribution is 0.318. The van der Waals surface area contributed by atoms with Crippen LogP contribution >= 0.6 is 11.8 Å². The van der Waals surface area contributed by atoms with Gasteiger partial charge >= 0.3 is 0 Å². The number of thioether (sulfide) groups is 1. The maximum absolute atomic E-state index is 8.48. The molecule has 0 aliphatic heterocycles. The van der Waals surface area contributed by atoms with E-state index in [1.54, 1.807) is 24.0 Å². The highest BCUT2D eigenvalue weighted by Gasteiger charge is 2.00. The van der Waals surface area contributed by atoms with Crippen LogP contribution in [0.1, 0.15) is 31.9 Å². The van der Waals surface area contributed by atoms with E-state index in [-0.39, 0.29) is 5.84 Å². The van der Waals surface area contributed by atoms with Crippen LogP contribution in [-0.2, 0) is 0 Å². The lowest BCUT2D eigenvalue weighted by atomic mass is 10.3. The highest BCUT2D eigenvalue weighted by molar-refractivity contribution is 7.99. The Balaban J connectivity index is 2.45. The first-order valence-electron chi connectivity index (χ1n) is 5.34. The maximum atomic E-state index is 8.48. The minimum atomic E-state index is 0.0440. The summed E-state index contributed by atoms with van der Waals surface area (Å²) in [5.74, 6) is 1.15. The van der Waals surface area contributed by atoms with Gasteiger partial charge in [-0.05, 0) is 24.3 Å². The predicted octanol–water partition coefficient (Wildman–Crippen LogP) is 2.46. The Labute approximate surface area is 99.9 Å². The second kappa shape index (κ2) is 7.11. The fourth-order valence-electron chi connectivity index (χ4n) is 1.21. The van der Waals surface area contributed by atoms with Crippen molar-refractivity contribution in [3.8, 4) is 0 Å². The van der Waals surface area contributed by atoms with Gasteiger partial charge in [-0.25, -0.2) is 0 Å². The van der Waals surface area contributed by atoms with E-state index in [1.807, 2.05) is 6.07 Å². The van der Waals surface area contributed by atoms with E-state index in [0.717, 1.165) is 10.6 Å². The number of aromatic nitrogens is 1. The summed E-state index contributed by atoms with van der Waals surface area (Å²) >= 11 is 1.78. The van der Waals surface area contributed by atoms with E-state index in [0.29, 0.717) is 5.69 Å². The molecule has 4 nitrogen and oxygen atoms in total. The standard InChI is InChI=1S/C11H17N3OS/c1-2-3-4-7-16-9-5-6-10(13-8-9)11(12)14-15/h5-6,8,15H,2-4,7H2,1H3,(H2,12,14). The third-order valence-electron chi connectivity index (χ3n) is 2.12. The second-order valence-corrected chi connectivity index (χ2v) is 4.59. The Morgan fingerprint density at radius 3 is 2.88 bits per heavy atom. The lowest BCUT2D eigenvalue weighted by Gasteiger charge is -2.02. The lowest BCUT2D eigenvalue weighted by Crippen LogP contribution is -2.14. The molecular formula is C11H17N3OS. The van der Waals surface area contributed by atoms with Gasteiger partial charge in [-0.2, -0.15) is 0 Å². The predicted molar refractivity (Wildman–Crippen MR) is 67.0 cm³/mol. The molecule has 0 spiro atoms. The largest absolute Gasteiger partial charge is 0.409 e. The number of oxime groups is 1. The quantitative estimate of drug-likeness (QED) is 0.200. The fourth-order valence-corrected chi connectivity index (χ4v) is 2.09. The molecule has 0 atom stereocenters. The molecule has 3 N–H and O–H groups in total. The van der Waals surface area contributed by atoms with Crippen molar-refractivity contribution in [3.05, 3.63) is 24.0 Å². The first-order chi connectivity index (χ1) is 7.77. The molecule has 0 aromatic carbocycles. The smallest absolute Gasteiger partial charge is 0.188 e. The van der Waals surface area contributed by atoms with Crippen LogP contribution in [0.5, 0.6) is 0 Å². The molecule has 0 bridgehead atoms. The van der Waals surface area contributed by atoms with E-state index < -0.39 is 0 Å². The molecule has 0 amide bonds. The average Bonchev–Trinajstić information content (AvgIpc) is 2.34. The monoisotopic (exact) mass is 239 g/mol. The number of rotatable bonds is 6. The van der Waals surface area contributed by atoms with Crippen LogP contribution in [0.2, 0.25) is 0 Å². The number of hydrogen-bond donors (Lipinski definition) is 2. The van der Waals surface area contributed by atoms with Crippen LogP contribution in [0.3, 0.4) is 0 Å². The molecule has 1 aromatic heterocycles. The molecule has 1 rings (SSSR count). The van der Waals surface area contributed by atoms with Gasteiger partial charge in [-0.3, -0.25) is 4.98 Å². The molecule has 1 heterocycles. The molecule has 5 heteroatoms. The maximum Gasteiger partial charge on any atom is 0.188 e. The van der Waals surface area contributed by atoms with E-state index >= 15 is 0 Å². The molecule has 0 saturated heterocycles. The van der Waals surface area contributed by atoms with Crippen LogP contribution in [-0.4, -0.2) is 21.8 Å². The first kappa shape index (κ1) is 12.8. The Morgan fingerprint density at radius 1 is 1.50 bits per heavy atom. The molecule has 0 radical (unpaired) electrons. The van der Waals surface area contributed by atoms with Crippen LogP contribution in [0.25, 0.3) is 0 Å². The Morgan fingerprint density at radius 2 is 2.31 bits per heavy atom. The SMILES string of the molecule is CCCCCSc1ccc(/C(N)=N/O)nc1. The normalized spacial score (nSPS) is 11.7. The zero-order valence-corrected chi connectivity index (χ0v) is 10.2. The third kappa shape index (κ3) is 4.10. The van der Waals surface area contributed by atoms with Gasteiger partial charge in [-0.1, -0.05) is 24.9 Å².